The Labute approximate surface area is 120 Å². The summed E-state index contributed by atoms with van der Waals surface area (Å²) in [6.07, 6.45) is 7.83. The largest absolute Gasteiger partial charge is 0.379 e. The minimum atomic E-state index is 0.160. The fourth-order valence-electron chi connectivity index (χ4n) is 1.80. The van der Waals surface area contributed by atoms with Crippen molar-refractivity contribution in [1.82, 2.24) is 5.32 Å². The molecule has 0 aromatic rings. The van der Waals surface area contributed by atoms with Gasteiger partial charge in [0.1, 0.15) is 0 Å². The van der Waals surface area contributed by atoms with Crippen LogP contribution in [0.25, 0.3) is 0 Å². The monoisotopic (exact) mass is 273 g/mol. The highest BCUT2D eigenvalue weighted by molar-refractivity contribution is 4.74. The van der Waals surface area contributed by atoms with Crippen LogP contribution in [-0.2, 0) is 9.47 Å². The summed E-state index contributed by atoms with van der Waals surface area (Å²) in [6.45, 7) is 11.0. The molecule has 0 saturated carbocycles. The smallest absolute Gasteiger partial charge is 0.0704 e. The Kier molecular flexibility index (Phi) is 11.6. The van der Waals surface area contributed by atoms with Gasteiger partial charge >= 0.3 is 0 Å². The summed E-state index contributed by atoms with van der Waals surface area (Å²) in [5, 5.41) is 3.27. The van der Waals surface area contributed by atoms with Crippen molar-refractivity contribution in [3.63, 3.8) is 0 Å². The van der Waals surface area contributed by atoms with Crippen LogP contribution in [0.3, 0.4) is 0 Å². The first-order valence-electron chi connectivity index (χ1n) is 7.90. The second kappa shape index (κ2) is 11.7. The first-order chi connectivity index (χ1) is 9.02. The Balaban J connectivity index is 3.29. The highest BCUT2D eigenvalue weighted by Gasteiger charge is 2.13. The highest BCUT2D eigenvalue weighted by atomic mass is 16.5. The molecule has 1 unspecified atom stereocenters. The summed E-state index contributed by atoms with van der Waals surface area (Å²) in [7, 11) is 1.99. The van der Waals surface area contributed by atoms with Crippen LogP contribution >= 0.6 is 0 Å². The molecule has 3 heteroatoms. The first kappa shape index (κ1) is 18.9. The summed E-state index contributed by atoms with van der Waals surface area (Å²) >= 11 is 0. The van der Waals surface area contributed by atoms with Gasteiger partial charge in [0.25, 0.3) is 0 Å². The lowest BCUT2D eigenvalue weighted by molar-refractivity contribution is 0.00486. The Morgan fingerprint density at radius 3 is 2.42 bits per heavy atom. The van der Waals surface area contributed by atoms with Gasteiger partial charge in [-0.2, -0.15) is 0 Å². The number of hydrogen-bond acceptors (Lipinski definition) is 3. The fourth-order valence-corrected chi connectivity index (χ4v) is 1.80. The molecule has 0 bridgehead atoms. The van der Waals surface area contributed by atoms with Gasteiger partial charge in [0, 0.05) is 12.1 Å². The van der Waals surface area contributed by atoms with Crippen molar-refractivity contribution in [1.29, 1.82) is 0 Å². The molecule has 19 heavy (non-hydrogen) atoms. The molecular weight excluding hydrogens is 238 g/mol. The summed E-state index contributed by atoms with van der Waals surface area (Å²) in [6, 6.07) is 0. The van der Waals surface area contributed by atoms with E-state index in [0.717, 1.165) is 19.6 Å². The van der Waals surface area contributed by atoms with Crippen LogP contribution in [0.1, 0.15) is 66.2 Å². The molecule has 0 amide bonds. The zero-order chi connectivity index (χ0) is 14.6. The van der Waals surface area contributed by atoms with Gasteiger partial charge in [0.15, 0.2) is 0 Å². The topological polar surface area (TPSA) is 30.5 Å². The van der Waals surface area contributed by atoms with E-state index in [1.54, 1.807) is 0 Å². The Morgan fingerprint density at radius 2 is 1.79 bits per heavy atom. The minimum Gasteiger partial charge on any atom is -0.379 e. The summed E-state index contributed by atoms with van der Waals surface area (Å²) in [5.41, 5.74) is 0.160. The van der Waals surface area contributed by atoms with Gasteiger partial charge in [-0.05, 0) is 40.7 Å². The normalized spacial score (nSPS) is 13.7. The molecule has 0 fully saturated rings. The maximum atomic E-state index is 5.74. The molecule has 0 heterocycles. The van der Waals surface area contributed by atoms with Crippen molar-refractivity contribution in [3.8, 4) is 0 Å². The van der Waals surface area contributed by atoms with Gasteiger partial charge in [-0.15, -0.1) is 0 Å². The van der Waals surface area contributed by atoms with Gasteiger partial charge in [0.05, 0.1) is 19.3 Å². The van der Waals surface area contributed by atoms with E-state index in [9.17, 15) is 0 Å². The third-order valence-corrected chi connectivity index (χ3v) is 3.64. The molecule has 116 valence electrons. The van der Waals surface area contributed by atoms with Crippen LogP contribution < -0.4 is 5.32 Å². The quantitative estimate of drug-likeness (QED) is 0.518. The zero-order valence-electron chi connectivity index (χ0n) is 13.8. The SMILES string of the molecule is CCCCCCC(C)OCCOCCC(C)(C)NC. The van der Waals surface area contributed by atoms with E-state index in [4.69, 9.17) is 9.47 Å². The van der Waals surface area contributed by atoms with Crippen LogP contribution in [0.4, 0.5) is 0 Å². The molecular formula is C16H35NO2. The molecule has 1 N–H and O–H groups in total. The van der Waals surface area contributed by atoms with Crippen molar-refractivity contribution >= 4 is 0 Å². The van der Waals surface area contributed by atoms with E-state index >= 15 is 0 Å². The van der Waals surface area contributed by atoms with E-state index in [1.807, 2.05) is 7.05 Å². The number of rotatable bonds is 13. The third kappa shape index (κ3) is 12.6. The van der Waals surface area contributed by atoms with Gasteiger partial charge < -0.3 is 14.8 Å². The molecule has 0 saturated heterocycles. The summed E-state index contributed by atoms with van der Waals surface area (Å²) < 4.78 is 11.3. The standard InChI is InChI=1S/C16H35NO2/c1-6-7-8-9-10-15(2)19-14-13-18-12-11-16(3,4)17-5/h15,17H,6-14H2,1-5H3. The predicted molar refractivity (Wildman–Crippen MR) is 82.7 cm³/mol. The van der Waals surface area contributed by atoms with Gasteiger partial charge in [-0.25, -0.2) is 0 Å². The van der Waals surface area contributed by atoms with Gasteiger partial charge in [-0.1, -0.05) is 32.6 Å². The van der Waals surface area contributed by atoms with Crippen LogP contribution in [0.15, 0.2) is 0 Å². The van der Waals surface area contributed by atoms with Gasteiger partial charge in [-0.3, -0.25) is 0 Å². The molecule has 0 spiro atoms. The number of nitrogens with one attached hydrogen (secondary N) is 1. The lowest BCUT2D eigenvalue weighted by atomic mass is 10.0. The molecule has 1 atom stereocenters. The van der Waals surface area contributed by atoms with Crippen LogP contribution in [0.5, 0.6) is 0 Å². The Morgan fingerprint density at radius 1 is 1.05 bits per heavy atom. The first-order valence-corrected chi connectivity index (χ1v) is 7.90. The van der Waals surface area contributed by atoms with Gasteiger partial charge in [0.2, 0.25) is 0 Å². The molecule has 0 aromatic carbocycles. The van der Waals surface area contributed by atoms with E-state index < -0.39 is 0 Å². The summed E-state index contributed by atoms with van der Waals surface area (Å²) in [5.74, 6) is 0. The summed E-state index contributed by atoms with van der Waals surface area (Å²) in [4.78, 5) is 0. The second-order valence-electron chi connectivity index (χ2n) is 6.03. The number of unbranched alkanes of at least 4 members (excludes halogenated alkanes) is 3. The van der Waals surface area contributed by atoms with E-state index in [2.05, 4.69) is 33.0 Å². The van der Waals surface area contributed by atoms with Crippen molar-refractivity contribution in [2.45, 2.75) is 77.9 Å². The number of hydrogen-bond donors (Lipinski definition) is 1. The zero-order valence-corrected chi connectivity index (χ0v) is 13.8. The van der Waals surface area contributed by atoms with E-state index in [0.29, 0.717) is 12.7 Å². The Hall–Kier alpha value is -0.120. The van der Waals surface area contributed by atoms with Crippen molar-refractivity contribution in [2.75, 3.05) is 26.9 Å². The fraction of sp³-hybridized carbons (Fsp3) is 1.00. The minimum absolute atomic E-state index is 0.160. The third-order valence-electron chi connectivity index (χ3n) is 3.64. The van der Waals surface area contributed by atoms with Crippen LogP contribution in [0, 0.1) is 0 Å². The van der Waals surface area contributed by atoms with Crippen molar-refractivity contribution in [3.05, 3.63) is 0 Å². The van der Waals surface area contributed by atoms with E-state index in [-0.39, 0.29) is 5.54 Å². The molecule has 0 aliphatic rings. The molecule has 0 aliphatic carbocycles. The Bertz CT molecular complexity index is 195. The number of ether oxygens (including phenoxy) is 2. The molecule has 0 aliphatic heterocycles. The van der Waals surface area contributed by atoms with Crippen LogP contribution in [-0.4, -0.2) is 38.5 Å². The second-order valence-corrected chi connectivity index (χ2v) is 6.03. The van der Waals surface area contributed by atoms with Crippen molar-refractivity contribution in [2.24, 2.45) is 0 Å². The lowest BCUT2D eigenvalue weighted by Gasteiger charge is -2.23. The molecule has 0 radical (unpaired) electrons. The highest BCUT2D eigenvalue weighted by Crippen LogP contribution is 2.08. The molecule has 3 nitrogen and oxygen atoms in total. The van der Waals surface area contributed by atoms with Crippen LogP contribution in [0.2, 0.25) is 0 Å². The molecule has 0 aromatic heterocycles. The maximum absolute atomic E-state index is 5.74. The average Bonchev–Trinajstić information content (AvgIpc) is 2.39. The lowest BCUT2D eigenvalue weighted by Crippen LogP contribution is -2.37. The average molecular weight is 273 g/mol. The van der Waals surface area contributed by atoms with E-state index in [1.165, 1.54) is 32.1 Å². The predicted octanol–water partition coefficient (Wildman–Crippen LogP) is 3.77. The van der Waals surface area contributed by atoms with Crippen molar-refractivity contribution < 1.29 is 9.47 Å². The molecule has 0 rings (SSSR count). The maximum Gasteiger partial charge on any atom is 0.0704 e.